The molecule has 0 aliphatic carbocycles. The van der Waals surface area contributed by atoms with Gasteiger partial charge in [-0.05, 0) is 52.8 Å². The SMILES string of the molecule is C=CCN1C(=O)[C@@](O)([C@@H](C)/C=C/CCn2cc(C(CO)c3ccccc3)nn2)c2cc(I)ccc21. The van der Waals surface area contributed by atoms with Crippen LogP contribution in [0.25, 0.3) is 0 Å². The van der Waals surface area contributed by atoms with Gasteiger partial charge in [-0.1, -0.05) is 60.7 Å². The first-order valence-electron chi connectivity index (χ1n) is 11.6. The Kier molecular flexibility index (Phi) is 7.83. The minimum Gasteiger partial charge on any atom is -0.395 e. The van der Waals surface area contributed by atoms with E-state index in [1.54, 1.807) is 15.7 Å². The molecule has 2 N–H and O–H groups in total. The first-order valence-corrected chi connectivity index (χ1v) is 12.7. The quantitative estimate of drug-likeness (QED) is 0.278. The number of rotatable bonds is 10. The summed E-state index contributed by atoms with van der Waals surface area (Å²) in [6, 6.07) is 15.4. The number of amides is 1. The molecule has 1 unspecified atom stereocenters. The van der Waals surface area contributed by atoms with Crippen molar-refractivity contribution >= 4 is 34.2 Å². The van der Waals surface area contributed by atoms with Crippen LogP contribution >= 0.6 is 22.6 Å². The summed E-state index contributed by atoms with van der Waals surface area (Å²) in [5, 5.41) is 29.9. The number of allylic oxidation sites excluding steroid dienone is 1. The summed E-state index contributed by atoms with van der Waals surface area (Å²) < 4.78 is 2.71. The molecule has 1 aromatic heterocycles. The van der Waals surface area contributed by atoms with Crippen LogP contribution in [0.1, 0.15) is 36.1 Å². The van der Waals surface area contributed by atoms with Crippen LogP contribution in [0.15, 0.2) is 79.5 Å². The van der Waals surface area contributed by atoms with Crippen molar-refractivity contribution < 1.29 is 15.0 Å². The molecule has 4 rings (SSSR count). The Balaban J connectivity index is 1.44. The van der Waals surface area contributed by atoms with E-state index < -0.39 is 11.5 Å². The number of benzene rings is 2. The lowest BCUT2D eigenvalue weighted by Gasteiger charge is -2.27. The van der Waals surface area contributed by atoms with Gasteiger partial charge in [0.15, 0.2) is 5.60 Å². The highest BCUT2D eigenvalue weighted by Gasteiger charge is 2.52. The average molecular weight is 584 g/mol. The summed E-state index contributed by atoms with van der Waals surface area (Å²) in [5.74, 6) is -0.974. The lowest BCUT2D eigenvalue weighted by atomic mass is 9.83. The van der Waals surface area contributed by atoms with Crippen LogP contribution in [0.5, 0.6) is 0 Å². The summed E-state index contributed by atoms with van der Waals surface area (Å²) in [7, 11) is 0. The zero-order valence-corrected chi connectivity index (χ0v) is 21.7. The third-order valence-corrected chi connectivity index (χ3v) is 7.12. The Bertz CT molecular complexity index is 1230. The molecule has 0 saturated heterocycles. The highest BCUT2D eigenvalue weighted by atomic mass is 127. The van der Waals surface area contributed by atoms with Gasteiger partial charge < -0.3 is 15.1 Å². The molecule has 0 saturated carbocycles. The Morgan fingerprint density at radius 1 is 1.23 bits per heavy atom. The van der Waals surface area contributed by atoms with Crippen molar-refractivity contribution in [1.29, 1.82) is 0 Å². The molecule has 0 fully saturated rings. The smallest absolute Gasteiger partial charge is 0.264 e. The Morgan fingerprint density at radius 3 is 2.71 bits per heavy atom. The van der Waals surface area contributed by atoms with Crippen LogP contribution in [0.4, 0.5) is 5.69 Å². The maximum absolute atomic E-state index is 13.2. The number of carbonyl (C=O) groups excluding carboxylic acids is 1. The van der Waals surface area contributed by atoms with Gasteiger partial charge in [-0.25, -0.2) is 0 Å². The van der Waals surface area contributed by atoms with E-state index in [1.165, 1.54) is 0 Å². The number of anilines is 1. The van der Waals surface area contributed by atoms with E-state index in [4.69, 9.17) is 0 Å². The summed E-state index contributed by atoms with van der Waals surface area (Å²) in [6.45, 7) is 6.49. The molecule has 1 aliphatic heterocycles. The summed E-state index contributed by atoms with van der Waals surface area (Å²) in [5.41, 5.74) is 1.44. The van der Waals surface area contributed by atoms with E-state index >= 15 is 0 Å². The molecular formula is C27H29IN4O3. The number of aryl methyl sites for hydroxylation is 1. The van der Waals surface area contributed by atoms with Gasteiger partial charge in [-0.2, -0.15) is 0 Å². The molecular weight excluding hydrogens is 555 g/mol. The van der Waals surface area contributed by atoms with Crippen molar-refractivity contribution in [2.45, 2.75) is 31.4 Å². The van der Waals surface area contributed by atoms with E-state index in [1.807, 2.05) is 73.8 Å². The number of aromatic nitrogens is 3. The maximum atomic E-state index is 13.2. The monoisotopic (exact) mass is 584 g/mol. The zero-order chi connectivity index (χ0) is 25.0. The van der Waals surface area contributed by atoms with Crippen molar-refractivity contribution in [1.82, 2.24) is 15.0 Å². The second-order valence-corrected chi connectivity index (χ2v) is 9.94. The van der Waals surface area contributed by atoms with E-state index in [0.29, 0.717) is 25.1 Å². The molecule has 8 heteroatoms. The van der Waals surface area contributed by atoms with E-state index in [2.05, 4.69) is 39.5 Å². The van der Waals surface area contributed by atoms with E-state index in [-0.39, 0.29) is 18.4 Å². The van der Waals surface area contributed by atoms with Crippen LogP contribution in [0, 0.1) is 9.49 Å². The normalized spacial score (nSPS) is 19.2. The predicted molar refractivity (Wildman–Crippen MR) is 144 cm³/mol. The fraction of sp³-hybridized carbons (Fsp3) is 0.296. The molecule has 1 amide bonds. The van der Waals surface area contributed by atoms with Gasteiger partial charge in [0.25, 0.3) is 5.91 Å². The van der Waals surface area contributed by atoms with Crippen LogP contribution in [0.2, 0.25) is 0 Å². The molecule has 0 bridgehead atoms. The van der Waals surface area contributed by atoms with Crippen LogP contribution in [0.3, 0.4) is 0 Å². The van der Waals surface area contributed by atoms with E-state index in [9.17, 15) is 15.0 Å². The van der Waals surface area contributed by atoms with Gasteiger partial charge >= 0.3 is 0 Å². The average Bonchev–Trinajstić information content (AvgIpc) is 3.41. The number of hydrogen-bond acceptors (Lipinski definition) is 5. The van der Waals surface area contributed by atoms with Crippen molar-refractivity contribution in [3.63, 3.8) is 0 Å². The van der Waals surface area contributed by atoms with Crippen molar-refractivity contribution in [2.24, 2.45) is 5.92 Å². The molecule has 0 radical (unpaired) electrons. The number of hydrogen-bond donors (Lipinski definition) is 2. The minimum atomic E-state index is -1.62. The molecule has 2 aromatic carbocycles. The van der Waals surface area contributed by atoms with Crippen molar-refractivity contribution in [3.8, 4) is 0 Å². The van der Waals surface area contributed by atoms with Crippen LogP contribution < -0.4 is 4.90 Å². The standard InChI is InChI=1S/C27H29IN4O3/c1-3-14-32-25-13-12-21(28)16-23(25)27(35,26(32)34)19(2)9-7-8-15-31-17-24(29-30-31)22(18-33)20-10-5-4-6-11-20/h3-7,9-13,16-17,19,22,33,35H,1,8,14-15,18H2,2H3/b9-7+/t19-,22?,27+/m0/s1. The third-order valence-electron chi connectivity index (χ3n) is 6.45. The first kappa shape index (κ1) is 25.3. The Morgan fingerprint density at radius 2 is 2.00 bits per heavy atom. The van der Waals surface area contributed by atoms with Crippen LogP contribution in [-0.2, 0) is 16.9 Å². The number of aliphatic hydroxyl groups excluding tert-OH is 1. The molecule has 3 atom stereocenters. The van der Waals surface area contributed by atoms with Gasteiger partial charge in [0.1, 0.15) is 0 Å². The van der Waals surface area contributed by atoms with Gasteiger partial charge in [-0.3, -0.25) is 9.48 Å². The zero-order valence-electron chi connectivity index (χ0n) is 19.6. The highest BCUT2D eigenvalue weighted by molar-refractivity contribution is 14.1. The second kappa shape index (κ2) is 10.8. The van der Waals surface area contributed by atoms with Gasteiger partial charge in [0, 0.05) is 34.3 Å². The Hall–Kier alpha value is -2.82. The Labute approximate surface area is 218 Å². The molecule has 1 aliphatic rings. The lowest BCUT2D eigenvalue weighted by Crippen LogP contribution is -2.44. The molecule has 2 heterocycles. The molecule has 182 valence electrons. The predicted octanol–water partition coefficient (Wildman–Crippen LogP) is 4.01. The largest absolute Gasteiger partial charge is 0.395 e. The third kappa shape index (κ3) is 4.96. The van der Waals surface area contributed by atoms with Crippen molar-refractivity contribution in [2.75, 3.05) is 18.1 Å². The first-order chi connectivity index (χ1) is 16.9. The summed E-state index contributed by atoms with van der Waals surface area (Å²) in [4.78, 5) is 14.8. The summed E-state index contributed by atoms with van der Waals surface area (Å²) in [6.07, 6.45) is 8.02. The second-order valence-electron chi connectivity index (χ2n) is 8.69. The topological polar surface area (TPSA) is 91.5 Å². The van der Waals surface area contributed by atoms with Gasteiger partial charge in [0.2, 0.25) is 0 Å². The highest BCUT2D eigenvalue weighted by Crippen LogP contribution is 2.45. The van der Waals surface area contributed by atoms with E-state index in [0.717, 1.165) is 20.5 Å². The molecule has 3 aromatic rings. The minimum absolute atomic E-state index is 0.0456. The summed E-state index contributed by atoms with van der Waals surface area (Å²) >= 11 is 2.19. The van der Waals surface area contributed by atoms with Crippen molar-refractivity contribution in [3.05, 3.63) is 99.9 Å². The maximum Gasteiger partial charge on any atom is 0.264 e. The molecule has 35 heavy (non-hydrogen) atoms. The van der Waals surface area contributed by atoms with Gasteiger partial charge in [0.05, 0.1) is 23.9 Å². The fourth-order valence-corrected chi connectivity index (χ4v) is 5.00. The lowest BCUT2D eigenvalue weighted by molar-refractivity contribution is -0.139. The number of halogens is 1. The number of aliphatic hydroxyl groups is 2. The number of nitrogens with zero attached hydrogens (tertiary/aromatic N) is 4. The molecule has 7 nitrogen and oxygen atoms in total. The molecule has 0 spiro atoms. The number of fused-ring (bicyclic) bond motifs is 1. The number of carbonyl (C=O) groups is 1. The van der Waals surface area contributed by atoms with Gasteiger partial charge in [-0.15, -0.1) is 11.7 Å². The fourth-order valence-electron chi connectivity index (χ4n) is 4.51. The van der Waals surface area contributed by atoms with Crippen LogP contribution in [-0.4, -0.2) is 44.3 Å².